The first-order chi connectivity index (χ1) is 20.6. The maximum absolute atomic E-state index is 13.0. The van der Waals surface area contributed by atoms with Gasteiger partial charge in [-0.1, -0.05) is 18.2 Å². The van der Waals surface area contributed by atoms with E-state index in [1.54, 1.807) is 0 Å². The molecule has 4 nitrogen and oxygen atoms in total. The highest BCUT2D eigenvalue weighted by atomic mass is 127. The molecular formula is C32H17I6O4S+. The summed E-state index contributed by atoms with van der Waals surface area (Å²) >= 11 is 13.3. The number of hydrogen-bond donors (Lipinski definition) is 0. The van der Waals surface area contributed by atoms with E-state index in [1.165, 1.54) is 0 Å². The van der Waals surface area contributed by atoms with E-state index in [4.69, 9.17) is 9.47 Å². The van der Waals surface area contributed by atoms with Crippen LogP contribution >= 0.6 is 136 Å². The lowest BCUT2D eigenvalue weighted by Gasteiger charge is -2.11. The summed E-state index contributed by atoms with van der Waals surface area (Å²) < 4.78 is 17.3. The Hall–Kier alpha value is -0.230. The molecule has 0 saturated heterocycles. The lowest BCUT2D eigenvalue weighted by molar-refractivity contribution is 0.0722. The van der Waals surface area contributed by atoms with Gasteiger partial charge in [-0.2, -0.15) is 0 Å². The quantitative estimate of drug-likeness (QED) is 0.0705. The van der Waals surface area contributed by atoms with Crippen LogP contribution in [0.15, 0.2) is 118 Å². The highest BCUT2D eigenvalue weighted by Gasteiger charge is 2.29. The van der Waals surface area contributed by atoms with Crippen LogP contribution in [0.3, 0.4) is 0 Å². The van der Waals surface area contributed by atoms with Crippen LogP contribution in [0.25, 0.3) is 0 Å². The molecule has 43 heavy (non-hydrogen) atoms. The van der Waals surface area contributed by atoms with Crippen LogP contribution in [0.1, 0.15) is 20.7 Å². The van der Waals surface area contributed by atoms with Crippen LogP contribution in [0.2, 0.25) is 0 Å². The Bertz CT molecular complexity index is 1650. The van der Waals surface area contributed by atoms with Crippen molar-refractivity contribution in [1.82, 2.24) is 0 Å². The number of esters is 2. The Kier molecular flexibility index (Phi) is 12.4. The smallest absolute Gasteiger partial charge is 0.343 e. The fourth-order valence-electron chi connectivity index (χ4n) is 3.98. The molecule has 216 valence electrons. The number of rotatable bonds is 7. The van der Waals surface area contributed by atoms with E-state index < -0.39 is 22.8 Å². The van der Waals surface area contributed by atoms with Crippen molar-refractivity contribution in [3.05, 3.63) is 136 Å². The highest BCUT2D eigenvalue weighted by molar-refractivity contribution is 14.1. The van der Waals surface area contributed by atoms with Gasteiger partial charge < -0.3 is 9.47 Å². The fourth-order valence-corrected chi connectivity index (χ4v) is 13.6. The molecule has 0 bridgehead atoms. The van der Waals surface area contributed by atoms with Crippen molar-refractivity contribution in [2.24, 2.45) is 0 Å². The molecule has 0 aliphatic carbocycles. The van der Waals surface area contributed by atoms with Crippen molar-refractivity contribution in [3.63, 3.8) is 0 Å². The molecular weight excluding hydrogens is 1240 g/mol. The van der Waals surface area contributed by atoms with Gasteiger partial charge in [0.2, 0.25) is 0 Å². The predicted octanol–water partition coefficient (Wildman–Crippen LogP) is 10.8. The number of benzene rings is 5. The molecule has 5 rings (SSSR count). The van der Waals surface area contributed by atoms with E-state index in [0.717, 1.165) is 36.1 Å². The van der Waals surface area contributed by atoms with Gasteiger partial charge in [0, 0.05) is 7.14 Å². The summed E-state index contributed by atoms with van der Waals surface area (Å²) in [5.74, 6) is 0.349. The van der Waals surface area contributed by atoms with Crippen LogP contribution in [0.4, 0.5) is 0 Å². The minimum Gasteiger partial charge on any atom is -0.421 e. The molecule has 0 fully saturated rings. The average Bonchev–Trinajstić information content (AvgIpc) is 2.98. The van der Waals surface area contributed by atoms with Crippen LogP contribution in [-0.2, 0) is 10.9 Å². The minimum atomic E-state index is -0.464. The number of carbonyl (C=O) groups excluding carboxylic acids is 2. The summed E-state index contributed by atoms with van der Waals surface area (Å²) in [6.45, 7) is 0. The summed E-state index contributed by atoms with van der Waals surface area (Å²) in [5, 5.41) is 0. The third kappa shape index (κ3) is 8.58. The molecule has 11 heteroatoms. The number of carbonyl (C=O) groups is 2. The van der Waals surface area contributed by atoms with Crippen molar-refractivity contribution >= 4 is 158 Å². The van der Waals surface area contributed by atoms with Gasteiger partial charge in [-0.15, -0.1) is 0 Å². The summed E-state index contributed by atoms with van der Waals surface area (Å²) in [6, 6.07) is 33.3. The van der Waals surface area contributed by atoms with E-state index >= 15 is 0 Å². The largest absolute Gasteiger partial charge is 0.421 e. The van der Waals surface area contributed by atoms with Gasteiger partial charge >= 0.3 is 11.9 Å². The fraction of sp³-hybridized carbons (Fsp3) is 0. The topological polar surface area (TPSA) is 52.6 Å². The number of hydrogen-bond acceptors (Lipinski definition) is 4. The summed E-state index contributed by atoms with van der Waals surface area (Å²) in [7, 11) is -0.464. The molecule has 0 amide bonds. The van der Waals surface area contributed by atoms with E-state index in [2.05, 4.69) is 148 Å². The molecule has 5 aromatic carbocycles. The minimum absolute atomic E-state index is 0.400. The third-order valence-corrected chi connectivity index (χ3v) is 12.6. The SMILES string of the molecule is O=C(Oc1c(I)cc(I)cc1I)c1ccc([S+](c2ccccc2)c2ccc(C(=O)Oc3c(I)cc(I)cc3I)cc2)cc1. The first kappa shape index (κ1) is 34.1. The van der Waals surface area contributed by atoms with Gasteiger partial charge in [-0.05, 0) is 220 Å². The average molecular weight is 1260 g/mol. The molecule has 0 heterocycles. The maximum atomic E-state index is 13.0. The van der Waals surface area contributed by atoms with E-state index in [-0.39, 0.29) is 0 Å². The first-order valence-electron chi connectivity index (χ1n) is 12.3. The lowest BCUT2D eigenvalue weighted by Crippen LogP contribution is -2.12. The second-order valence-corrected chi connectivity index (χ2v) is 18.0. The number of ether oxygens (including phenoxy) is 2. The Morgan fingerprint density at radius 1 is 0.465 bits per heavy atom. The van der Waals surface area contributed by atoms with E-state index in [0.29, 0.717) is 22.6 Å². The van der Waals surface area contributed by atoms with Crippen LogP contribution in [0, 0.1) is 21.4 Å². The molecule has 0 aliphatic rings. The molecule has 0 radical (unpaired) electrons. The Balaban J connectivity index is 1.39. The van der Waals surface area contributed by atoms with Gasteiger partial charge in [0.1, 0.15) is 0 Å². The molecule has 5 aromatic rings. The molecule has 0 N–H and O–H groups in total. The number of halogens is 6. The summed E-state index contributed by atoms with van der Waals surface area (Å²) in [5.41, 5.74) is 0.951. The highest BCUT2D eigenvalue weighted by Crippen LogP contribution is 2.34. The molecule has 0 aromatic heterocycles. The summed E-state index contributed by atoms with van der Waals surface area (Å²) in [6.07, 6.45) is 0. The Labute approximate surface area is 334 Å². The second-order valence-electron chi connectivity index (χ2n) is 8.84. The third-order valence-electron chi connectivity index (χ3n) is 5.95. The zero-order chi connectivity index (χ0) is 30.7. The Morgan fingerprint density at radius 3 is 1.14 bits per heavy atom. The zero-order valence-electron chi connectivity index (χ0n) is 21.6. The monoisotopic (exact) mass is 1260 g/mol. The molecule has 0 atom stereocenters. The molecule has 0 saturated carbocycles. The zero-order valence-corrected chi connectivity index (χ0v) is 35.4. The van der Waals surface area contributed by atoms with Gasteiger partial charge in [-0.25, -0.2) is 9.59 Å². The summed E-state index contributed by atoms with van der Waals surface area (Å²) in [4.78, 5) is 29.3. The molecule has 0 aliphatic heterocycles. The standard InChI is InChI=1S/C32H17I6O4S/c33-20-14-25(35)29(26(36)15-20)41-31(39)18-6-10-23(11-7-18)43(22-4-2-1-3-5-22)24-12-8-19(9-13-24)32(40)42-30-27(37)16-21(34)17-28(30)38/h1-17H/q+1. The molecule has 0 unspecified atom stereocenters. The van der Waals surface area contributed by atoms with Gasteiger partial charge in [-0.3, -0.25) is 0 Å². The van der Waals surface area contributed by atoms with Crippen LogP contribution in [0.5, 0.6) is 11.5 Å². The Morgan fingerprint density at radius 2 is 0.791 bits per heavy atom. The second kappa shape index (κ2) is 15.6. The van der Waals surface area contributed by atoms with Crippen molar-refractivity contribution in [2.45, 2.75) is 14.7 Å². The van der Waals surface area contributed by atoms with Gasteiger partial charge in [0.05, 0.1) is 36.3 Å². The van der Waals surface area contributed by atoms with E-state index in [1.807, 2.05) is 91.0 Å². The lowest BCUT2D eigenvalue weighted by atomic mass is 10.2. The van der Waals surface area contributed by atoms with Crippen molar-refractivity contribution in [3.8, 4) is 11.5 Å². The normalized spacial score (nSPS) is 11.0. The van der Waals surface area contributed by atoms with Crippen LogP contribution in [-0.4, -0.2) is 11.9 Å². The predicted molar refractivity (Wildman–Crippen MR) is 221 cm³/mol. The van der Waals surface area contributed by atoms with Crippen molar-refractivity contribution < 1.29 is 19.1 Å². The van der Waals surface area contributed by atoms with Crippen molar-refractivity contribution in [1.29, 1.82) is 0 Å². The maximum Gasteiger partial charge on any atom is 0.343 e. The van der Waals surface area contributed by atoms with E-state index in [9.17, 15) is 9.59 Å². The van der Waals surface area contributed by atoms with Crippen molar-refractivity contribution in [2.75, 3.05) is 0 Å². The first-order valence-corrected chi connectivity index (χ1v) is 20.0. The van der Waals surface area contributed by atoms with Gasteiger partial charge in [0.15, 0.2) is 26.2 Å². The van der Waals surface area contributed by atoms with Crippen LogP contribution < -0.4 is 9.47 Å². The van der Waals surface area contributed by atoms with Gasteiger partial charge in [0.25, 0.3) is 0 Å². The molecule has 0 spiro atoms.